The van der Waals surface area contributed by atoms with Crippen molar-refractivity contribution in [2.24, 2.45) is 5.92 Å². The number of H-pyrrole nitrogens is 1. The van der Waals surface area contributed by atoms with Crippen LogP contribution in [0, 0.1) is 12.8 Å². The molecule has 1 fully saturated rings. The predicted octanol–water partition coefficient (Wildman–Crippen LogP) is 4.23. The van der Waals surface area contributed by atoms with Gasteiger partial charge in [-0.3, -0.25) is 14.8 Å². The highest BCUT2D eigenvalue weighted by Crippen LogP contribution is 2.27. The summed E-state index contributed by atoms with van der Waals surface area (Å²) in [6.07, 6.45) is 2.22. The number of aryl methyl sites for hydroxylation is 1. The van der Waals surface area contributed by atoms with Gasteiger partial charge in [0, 0.05) is 25.0 Å². The van der Waals surface area contributed by atoms with Crippen LogP contribution >= 0.6 is 11.3 Å². The highest BCUT2D eigenvalue weighted by Gasteiger charge is 2.23. The number of oxazole rings is 1. The number of carbonyl (C=O) groups is 1. The fourth-order valence-electron chi connectivity index (χ4n) is 4.21. The van der Waals surface area contributed by atoms with E-state index in [0.717, 1.165) is 59.7 Å². The number of carbonyl (C=O) groups excluding carboxylic acids is 1. The summed E-state index contributed by atoms with van der Waals surface area (Å²) < 4.78 is 5.89. The van der Waals surface area contributed by atoms with Gasteiger partial charge in [-0.1, -0.05) is 24.3 Å². The van der Waals surface area contributed by atoms with E-state index in [0.29, 0.717) is 24.0 Å². The van der Waals surface area contributed by atoms with E-state index in [-0.39, 0.29) is 5.91 Å². The number of rotatable bonds is 6. The Morgan fingerprint density at radius 2 is 2.23 bits per heavy atom. The minimum Gasteiger partial charge on any atom is -0.440 e. The van der Waals surface area contributed by atoms with Crippen molar-refractivity contribution < 1.29 is 9.21 Å². The molecule has 4 aromatic rings. The zero-order chi connectivity index (χ0) is 21.2. The van der Waals surface area contributed by atoms with Crippen molar-refractivity contribution in [1.82, 2.24) is 25.4 Å². The van der Waals surface area contributed by atoms with Crippen LogP contribution in [0.2, 0.25) is 0 Å². The third kappa shape index (κ3) is 4.26. The van der Waals surface area contributed by atoms with Gasteiger partial charge in [0.1, 0.15) is 5.76 Å². The molecule has 0 aliphatic carbocycles. The van der Waals surface area contributed by atoms with Crippen LogP contribution in [-0.2, 0) is 6.54 Å². The van der Waals surface area contributed by atoms with Gasteiger partial charge < -0.3 is 9.73 Å². The highest BCUT2D eigenvalue weighted by molar-refractivity contribution is 7.13. The van der Waals surface area contributed by atoms with Crippen LogP contribution in [-0.4, -0.2) is 45.6 Å². The van der Waals surface area contributed by atoms with Crippen molar-refractivity contribution in [2.75, 3.05) is 19.6 Å². The maximum atomic E-state index is 12.7. The fraction of sp³-hybridized carbons (Fsp3) is 0.348. The van der Waals surface area contributed by atoms with E-state index in [4.69, 9.17) is 9.40 Å². The molecular weight excluding hydrogens is 410 g/mol. The number of para-hydroxylation sites is 1. The van der Waals surface area contributed by atoms with Crippen LogP contribution in [0.25, 0.3) is 21.7 Å². The molecule has 1 saturated heterocycles. The molecule has 0 spiro atoms. The van der Waals surface area contributed by atoms with Crippen LogP contribution in [0.1, 0.15) is 34.8 Å². The first-order chi connectivity index (χ1) is 15.2. The Hall–Kier alpha value is -2.97. The molecule has 1 aliphatic rings. The lowest BCUT2D eigenvalue weighted by atomic mass is 9.97. The largest absolute Gasteiger partial charge is 0.440 e. The molecule has 2 N–H and O–H groups in total. The fourth-order valence-corrected chi connectivity index (χ4v) is 4.86. The van der Waals surface area contributed by atoms with Gasteiger partial charge in [-0.15, -0.1) is 11.3 Å². The number of benzene rings is 1. The molecule has 1 aromatic carbocycles. The maximum absolute atomic E-state index is 12.7. The van der Waals surface area contributed by atoms with E-state index >= 15 is 0 Å². The van der Waals surface area contributed by atoms with E-state index in [1.54, 1.807) is 11.3 Å². The van der Waals surface area contributed by atoms with Crippen LogP contribution in [0.15, 0.2) is 46.2 Å². The zero-order valence-electron chi connectivity index (χ0n) is 17.4. The minimum absolute atomic E-state index is 0.123. The number of piperidine rings is 1. The number of aromatic nitrogens is 3. The van der Waals surface area contributed by atoms with Crippen molar-refractivity contribution in [3.05, 3.63) is 58.9 Å². The standard InChI is InChI=1S/C23H25N5O2S/c1-15-19(25-23(30-15)20-9-5-11-31-20)14-28-10-4-6-16(13-28)12-24-22(29)21-17-7-2-3-8-18(17)26-27-21/h2-3,5,7-9,11,16H,4,6,10,12-14H2,1H3,(H,24,29)(H,26,27)/t16-/m0/s1. The van der Waals surface area contributed by atoms with Gasteiger partial charge >= 0.3 is 0 Å². The Balaban J connectivity index is 1.19. The van der Waals surface area contributed by atoms with Crippen molar-refractivity contribution >= 4 is 28.1 Å². The molecule has 31 heavy (non-hydrogen) atoms. The lowest BCUT2D eigenvalue weighted by molar-refractivity contribution is 0.0927. The SMILES string of the molecule is Cc1oc(-c2cccs2)nc1CN1CCC[C@@H](CNC(=O)c2n[nH]c3ccccc23)C1. The van der Waals surface area contributed by atoms with E-state index < -0.39 is 0 Å². The number of fused-ring (bicyclic) bond motifs is 1. The third-order valence-corrected chi connectivity index (χ3v) is 6.70. The Labute approximate surface area is 184 Å². The van der Waals surface area contributed by atoms with Crippen molar-refractivity contribution in [3.63, 3.8) is 0 Å². The molecule has 1 atom stereocenters. The smallest absolute Gasteiger partial charge is 0.272 e. The van der Waals surface area contributed by atoms with Crippen molar-refractivity contribution in [3.8, 4) is 10.8 Å². The van der Waals surface area contributed by atoms with Gasteiger partial charge in [0.05, 0.1) is 16.1 Å². The topological polar surface area (TPSA) is 87.1 Å². The number of thiophene rings is 1. The molecule has 0 radical (unpaired) electrons. The molecular formula is C23H25N5O2S. The normalized spacial score (nSPS) is 17.3. The van der Waals surface area contributed by atoms with Gasteiger partial charge in [0.2, 0.25) is 5.89 Å². The first kappa shape index (κ1) is 20.0. The second-order valence-corrected chi connectivity index (χ2v) is 9.02. The first-order valence-corrected chi connectivity index (χ1v) is 11.5. The lowest BCUT2D eigenvalue weighted by Gasteiger charge is -2.32. The maximum Gasteiger partial charge on any atom is 0.272 e. The number of nitrogens with zero attached hydrogens (tertiary/aromatic N) is 3. The second-order valence-electron chi connectivity index (χ2n) is 8.07. The van der Waals surface area contributed by atoms with E-state index in [9.17, 15) is 4.79 Å². The molecule has 160 valence electrons. The summed E-state index contributed by atoms with van der Waals surface area (Å²) in [6.45, 7) is 5.37. The molecule has 1 aliphatic heterocycles. The van der Waals surface area contributed by atoms with E-state index in [1.165, 1.54) is 0 Å². The molecule has 0 saturated carbocycles. The Kier molecular flexibility index (Phi) is 5.57. The van der Waals surface area contributed by atoms with Gasteiger partial charge in [0.25, 0.3) is 5.91 Å². The van der Waals surface area contributed by atoms with Crippen LogP contribution in [0.3, 0.4) is 0 Å². The van der Waals surface area contributed by atoms with Gasteiger partial charge in [-0.05, 0) is 49.7 Å². The predicted molar refractivity (Wildman–Crippen MR) is 121 cm³/mol. The summed E-state index contributed by atoms with van der Waals surface area (Å²) in [6, 6.07) is 11.7. The number of hydrogen-bond donors (Lipinski definition) is 2. The van der Waals surface area contributed by atoms with E-state index in [1.807, 2.05) is 48.7 Å². The van der Waals surface area contributed by atoms with Crippen LogP contribution in [0.4, 0.5) is 0 Å². The molecule has 4 heterocycles. The molecule has 5 rings (SSSR count). The van der Waals surface area contributed by atoms with Crippen LogP contribution in [0.5, 0.6) is 0 Å². The van der Waals surface area contributed by atoms with E-state index in [2.05, 4.69) is 20.4 Å². The molecule has 8 heteroatoms. The summed E-state index contributed by atoms with van der Waals surface area (Å²) in [5.74, 6) is 1.87. The number of aromatic amines is 1. The van der Waals surface area contributed by atoms with Crippen molar-refractivity contribution in [1.29, 1.82) is 0 Å². The summed E-state index contributed by atoms with van der Waals surface area (Å²) in [5.41, 5.74) is 2.33. The molecule has 0 unspecified atom stereocenters. The molecule has 1 amide bonds. The highest BCUT2D eigenvalue weighted by atomic mass is 32.1. The molecule has 3 aromatic heterocycles. The van der Waals surface area contributed by atoms with Crippen LogP contribution < -0.4 is 5.32 Å². The Bertz CT molecular complexity index is 1180. The van der Waals surface area contributed by atoms with Crippen molar-refractivity contribution in [2.45, 2.75) is 26.3 Å². The van der Waals surface area contributed by atoms with Gasteiger partial charge in [0.15, 0.2) is 5.69 Å². The average Bonchev–Trinajstić information content (AvgIpc) is 3.53. The third-order valence-electron chi connectivity index (χ3n) is 5.84. The zero-order valence-corrected chi connectivity index (χ0v) is 18.2. The summed E-state index contributed by atoms with van der Waals surface area (Å²) >= 11 is 1.64. The number of hydrogen-bond acceptors (Lipinski definition) is 6. The average molecular weight is 436 g/mol. The Morgan fingerprint density at radius 3 is 3.10 bits per heavy atom. The summed E-state index contributed by atoms with van der Waals surface area (Å²) in [4.78, 5) is 20.9. The monoisotopic (exact) mass is 435 g/mol. The number of nitrogens with one attached hydrogen (secondary N) is 2. The first-order valence-electron chi connectivity index (χ1n) is 10.6. The summed E-state index contributed by atoms with van der Waals surface area (Å²) in [7, 11) is 0. The quantitative estimate of drug-likeness (QED) is 0.473. The second kappa shape index (κ2) is 8.64. The van der Waals surface area contributed by atoms with Gasteiger partial charge in [-0.2, -0.15) is 5.10 Å². The molecule has 7 nitrogen and oxygen atoms in total. The molecule has 0 bridgehead atoms. The van der Waals surface area contributed by atoms with Gasteiger partial charge in [-0.25, -0.2) is 4.98 Å². The lowest BCUT2D eigenvalue weighted by Crippen LogP contribution is -2.40. The summed E-state index contributed by atoms with van der Waals surface area (Å²) in [5, 5.41) is 13.1. The Morgan fingerprint density at radius 1 is 1.32 bits per heavy atom. The minimum atomic E-state index is -0.123. The number of likely N-dealkylation sites (tertiary alicyclic amines) is 1. The number of amides is 1.